The van der Waals surface area contributed by atoms with Gasteiger partial charge in [-0.3, -0.25) is 4.79 Å². The van der Waals surface area contributed by atoms with Crippen LogP contribution in [0.25, 0.3) is 0 Å². The molecule has 1 N–H and O–H groups in total. The van der Waals surface area contributed by atoms with Gasteiger partial charge in [0.15, 0.2) is 0 Å². The number of anilines is 1. The van der Waals surface area contributed by atoms with Crippen molar-refractivity contribution in [3.63, 3.8) is 0 Å². The van der Waals surface area contributed by atoms with Gasteiger partial charge < -0.3 is 19.5 Å². The third-order valence-electron chi connectivity index (χ3n) is 4.53. The minimum absolute atomic E-state index is 0.314. The third-order valence-corrected chi connectivity index (χ3v) is 4.53. The first kappa shape index (κ1) is 22.3. The molecule has 1 aromatic heterocycles. The second kappa shape index (κ2) is 11.1. The van der Waals surface area contributed by atoms with E-state index in [9.17, 15) is 4.79 Å². The van der Waals surface area contributed by atoms with Crippen molar-refractivity contribution in [1.82, 2.24) is 4.98 Å². The topological polar surface area (TPSA) is 69.7 Å². The van der Waals surface area contributed by atoms with Crippen LogP contribution in [0, 0.1) is 13.8 Å². The van der Waals surface area contributed by atoms with Gasteiger partial charge in [-0.2, -0.15) is 0 Å². The van der Waals surface area contributed by atoms with Gasteiger partial charge in [-0.15, -0.1) is 0 Å². The highest BCUT2D eigenvalue weighted by Gasteiger charge is 2.16. The Morgan fingerprint density at radius 3 is 2.58 bits per heavy atom. The van der Waals surface area contributed by atoms with Crippen LogP contribution in [0.4, 0.5) is 5.82 Å². The largest absolute Gasteiger partial charge is 0.490 e. The number of hydrogen-bond acceptors (Lipinski definition) is 5. The monoisotopic (exact) mass is 420 g/mol. The van der Waals surface area contributed by atoms with Crippen molar-refractivity contribution >= 4 is 11.7 Å². The molecule has 0 saturated carbocycles. The van der Waals surface area contributed by atoms with Crippen LogP contribution in [-0.2, 0) is 11.3 Å². The minimum Gasteiger partial charge on any atom is -0.490 e. The van der Waals surface area contributed by atoms with Crippen LogP contribution in [0.2, 0.25) is 0 Å². The summed E-state index contributed by atoms with van der Waals surface area (Å²) in [6.45, 7) is 7.73. The molecule has 0 bridgehead atoms. The summed E-state index contributed by atoms with van der Waals surface area (Å²) in [5.41, 5.74) is 3.62. The summed E-state index contributed by atoms with van der Waals surface area (Å²) < 4.78 is 17.0. The summed E-state index contributed by atoms with van der Waals surface area (Å²) in [4.78, 5) is 17.2. The fourth-order valence-corrected chi connectivity index (χ4v) is 3.01. The van der Waals surface area contributed by atoms with Gasteiger partial charge >= 0.3 is 0 Å². The van der Waals surface area contributed by atoms with Crippen LogP contribution < -0.4 is 14.8 Å². The number of ether oxygens (including phenoxy) is 3. The van der Waals surface area contributed by atoms with E-state index in [1.807, 2.05) is 51.1 Å². The maximum atomic E-state index is 13.0. The molecule has 3 aromatic rings. The Hall–Kier alpha value is -3.38. The van der Waals surface area contributed by atoms with E-state index < -0.39 is 0 Å². The summed E-state index contributed by atoms with van der Waals surface area (Å²) in [6, 6.07) is 17.0. The van der Waals surface area contributed by atoms with Crippen LogP contribution in [0.15, 0.2) is 60.8 Å². The first-order chi connectivity index (χ1) is 15.0. The summed E-state index contributed by atoms with van der Waals surface area (Å²) in [5.74, 6) is 1.22. The molecule has 0 unspecified atom stereocenters. The van der Waals surface area contributed by atoms with Crippen molar-refractivity contribution in [3.8, 4) is 11.5 Å². The summed E-state index contributed by atoms with van der Waals surface area (Å²) >= 11 is 0. The highest BCUT2D eigenvalue weighted by Crippen LogP contribution is 2.26. The van der Waals surface area contributed by atoms with Gasteiger partial charge in [-0.1, -0.05) is 29.8 Å². The highest BCUT2D eigenvalue weighted by molar-refractivity contribution is 6.06. The van der Waals surface area contributed by atoms with E-state index in [-0.39, 0.29) is 5.91 Å². The molecule has 31 heavy (non-hydrogen) atoms. The fraction of sp³-hybridized carbons (Fsp3) is 0.280. The number of aromatic nitrogens is 1. The predicted octanol–water partition coefficient (Wildman–Crippen LogP) is 4.95. The van der Waals surface area contributed by atoms with Gasteiger partial charge in [-0.05, 0) is 62.2 Å². The number of pyridine rings is 1. The van der Waals surface area contributed by atoms with Crippen LogP contribution in [0.1, 0.15) is 34.0 Å². The molecule has 0 aliphatic heterocycles. The molecule has 2 aromatic carbocycles. The molecule has 3 rings (SSSR count). The molecule has 0 spiro atoms. The van der Waals surface area contributed by atoms with E-state index >= 15 is 0 Å². The zero-order chi connectivity index (χ0) is 22.1. The SMILES string of the molecule is CCOCCOc1ccc(OCc2cccc(C)c2)cc1C(=O)Nc1cc(C)ccn1. The molecular weight excluding hydrogens is 392 g/mol. The van der Waals surface area contributed by atoms with Crippen molar-refractivity contribution in [2.24, 2.45) is 0 Å². The van der Waals surface area contributed by atoms with Crippen molar-refractivity contribution in [3.05, 3.63) is 83.0 Å². The number of carbonyl (C=O) groups excluding carboxylic acids is 1. The zero-order valence-corrected chi connectivity index (χ0v) is 18.2. The van der Waals surface area contributed by atoms with Gasteiger partial charge in [0, 0.05) is 12.8 Å². The standard InChI is InChI=1S/C25H28N2O4/c1-4-29-12-13-30-23-9-8-21(31-17-20-7-5-6-18(2)14-20)16-22(23)25(28)27-24-15-19(3)10-11-26-24/h5-11,14-16H,4,12-13,17H2,1-3H3,(H,26,27,28). The molecule has 0 atom stereocenters. The first-order valence-electron chi connectivity index (χ1n) is 10.3. The number of amides is 1. The van der Waals surface area contributed by atoms with Crippen molar-refractivity contribution in [1.29, 1.82) is 0 Å². The van der Waals surface area contributed by atoms with Crippen LogP contribution >= 0.6 is 0 Å². The summed E-state index contributed by atoms with van der Waals surface area (Å²) in [6.07, 6.45) is 1.66. The van der Waals surface area contributed by atoms with Gasteiger partial charge in [0.25, 0.3) is 5.91 Å². The minimum atomic E-state index is -0.314. The molecule has 0 aliphatic rings. The summed E-state index contributed by atoms with van der Waals surface area (Å²) in [7, 11) is 0. The number of nitrogens with zero attached hydrogens (tertiary/aromatic N) is 1. The second-order valence-electron chi connectivity index (χ2n) is 7.15. The molecule has 1 heterocycles. The number of rotatable bonds is 10. The Morgan fingerprint density at radius 2 is 1.81 bits per heavy atom. The molecule has 6 heteroatoms. The molecule has 0 radical (unpaired) electrons. The second-order valence-corrected chi connectivity index (χ2v) is 7.15. The lowest BCUT2D eigenvalue weighted by Crippen LogP contribution is -2.16. The third kappa shape index (κ3) is 6.83. The molecule has 162 valence electrons. The number of carbonyl (C=O) groups is 1. The zero-order valence-electron chi connectivity index (χ0n) is 18.2. The van der Waals surface area contributed by atoms with E-state index in [4.69, 9.17) is 14.2 Å². The normalized spacial score (nSPS) is 10.5. The van der Waals surface area contributed by atoms with Gasteiger partial charge in [0.2, 0.25) is 0 Å². The van der Waals surface area contributed by atoms with E-state index in [0.29, 0.717) is 49.3 Å². The van der Waals surface area contributed by atoms with E-state index in [1.165, 1.54) is 5.56 Å². The Labute approximate surface area is 183 Å². The molecule has 1 amide bonds. The van der Waals surface area contributed by atoms with Crippen molar-refractivity contribution < 1.29 is 19.0 Å². The number of aryl methyl sites for hydroxylation is 2. The number of nitrogens with one attached hydrogen (secondary N) is 1. The average Bonchev–Trinajstić information content (AvgIpc) is 2.76. The van der Waals surface area contributed by atoms with Crippen molar-refractivity contribution in [2.75, 3.05) is 25.1 Å². The summed E-state index contributed by atoms with van der Waals surface area (Å²) in [5, 5.41) is 2.83. The molecule has 6 nitrogen and oxygen atoms in total. The van der Waals surface area contributed by atoms with Crippen molar-refractivity contribution in [2.45, 2.75) is 27.4 Å². The molecule has 0 fully saturated rings. The quantitative estimate of drug-likeness (QED) is 0.470. The lowest BCUT2D eigenvalue weighted by Gasteiger charge is -2.14. The number of hydrogen-bond donors (Lipinski definition) is 1. The lowest BCUT2D eigenvalue weighted by molar-refractivity contribution is 0.0997. The van der Waals surface area contributed by atoms with Crippen LogP contribution in [-0.4, -0.2) is 30.7 Å². The van der Waals surface area contributed by atoms with Crippen LogP contribution in [0.3, 0.4) is 0 Å². The first-order valence-corrected chi connectivity index (χ1v) is 10.3. The molecule has 0 saturated heterocycles. The highest BCUT2D eigenvalue weighted by atomic mass is 16.5. The smallest absolute Gasteiger partial charge is 0.260 e. The maximum Gasteiger partial charge on any atom is 0.260 e. The van der Waals surface area contributed by atoms with Gasteiger partial charge in [0.05, 0.1) is 12.2 Å². The molecular formula is C25H28N2O4. The van der Waals surface area contributed by atoms with E-state index in [1.54, 1.807) is 24.4 Å². The number of benzene rings is 2. The Kier molecular flexibility index (Phi) is 8.01. The van der Waals surface area contributed by atoms with Gasteiger partial charge in [-0.25, -0.2) is 4.98 Å². The Bertz CT molecular complexity index is 1020. The average molecular weight is 421 g/mol. The van der Waals surface area contributed by atoms with Gasteiger partial charge in [0.1, 0.15) is 30.5 Å². The molecule has 0 aliphatic carbocycles. The Morgan fingerprint density at radius 1 is 0.968 bits per heavy atom. The van der Waals surface area contributed by atoms with E-state index in [2.05, 4.69) is 16.4 Å². The Balaban J connectivity index is 1.77. The maximum absolute atomic E-state index is 13.0. The predicted molar refractivity (Wildman–Crippen MR) is 121 cm³/mol. The van der Waals surface area contributed by atoms with E-state index in [0.717, 1.165) is 11.1 Å². The van der Waals surface area contributed by atoms with Crippen LogP contribution in [0.5, 0.6) is 11.5 Å². The lowest BCUT2D eigenvalue weighted by atomic mass is 10.1. The fourth-order valence-electron chi connectivity index (χ4n) is 3.01.